The molecule has 0 amide bonds. The van der Waals surface area contributed by atoms with Gasteiger partial charge in [0.15, 0.2) is 8.32 Å². The van der Waals surface area contributed by atoms with Crippen molar-refractivity contribution in [3.63, 3.8) is 0 Å². The van der Waals surface area contributed by atoms with E-state index in [-0.39, 0.29) is 0 Å². The first-order valence-electron chi connectivity index (χ1n) is 11.5. The van der Waals surface area contributed by atoms with E-state index < -0.39 is 8.32 Å². The zero-order chi connectivity index (χ0) is 17.8. The topological polar surface area (TPSA) is 9.23 Å². The van der Waals surface area contributed by atoms with Gasteiger partial charge in [0.05, 0.1) is 6.10 Å². The molecule has 144 valence electrons. The number of hydrogen-bond acceptors (Lipinski definition) is 1. The van der Waals surface area contributed by atoms with E-state index in [1.54, 1.807) is 0 Å². The highest BCUT2D eigenvalue weighted by atomic mass is 28.4. The lowest BCUT2D eigenvalue weighted by atomic mass is 9.70. The van der Waals surface area contributed by atoms with Crippen LogP contribution in [0.3, 0.4) is 0 Å². The van der Waals surface area contributed by atoms with Crippen molar-refractivity contribution in [1.29, 1.82) is 0 Å². The molecular weight excluding hydrogens is 320 g/mol. The Labute approximate surface area is 157 Å². The molecule has 4 saturated carbocycles. The van der Waals surface area contributed by atoms with Gasteiger partial charge in [0.1, 0.15) is 0 Å². The minimum absolute atomic E-state index is 0.580. The van der Waals surface area contributed by atoms with Crippen molar-refractivity contribution in [2.45, 2.75) is 103 Å². The van der Waals surface area contributed by atoms with Crippen molar-refractivity contribution in [3.05, 3.63) is 0 Å². The third kappa shape index (κ3) is 3.40. The number of hydrogen-bond donors (Lipinski definition) is 0. The molecule has 9 atom stereocenters. The molecule has 4 aliphatic carbocycles. The Bertz CT molecular complexity index is 475. The molecule has 0 aliphatic heterocycles. The van der Waals surface area contributed by atoms with E-state index in [0.29, 0.717) is 6.10 Å². The quantitative estimate of drug-likeness (QED) is 0.497. The monoisotopic (exact) mass is 362 g/mol. The summed E-state index contributed by atoms with van der Waals surface area (Å²) < 4.78 is 7.26. The maximum absolute atomic E-state index is 7.26. The van der Waals surface area contributed by atoms with Crippen molar-refractivity contribution in [2.24, 2.45) is 41.4 Å². The average molecular weight is 363 g/mol. The van der Waals surface area contributed by atoms with Crippen LogP contribution in [0, 0.1) is 41.4 Å². The molecule has 0 N–H and O–H groups in total. The van der Waals surface area contributed by atoms with Crippen LogP contribution in [-0.4, -0.2) is 14.4 Å². The highest BCUT2D eigenvalue weighted by Gasteiger charge is 2.52. The van der Waals surface area contributed by atoms with Crippen LogP contribution in [0.2, 0.25) is 18.6 Å². The van der Waals surface area contributed by atoms with Gasteiger partial charge in [0.25, 0.3) is 0 Å². The molecule has 4 aliphatic rings. The van der Waals surface area contributed by atoms with Gasteiger partial charge in [0.2, 0.25) is 0 Å². The zero-order valence-corrected chi connectivity index (χ0v) is 18.5. The molecule has 0 bridgehead atoms. The standard InChI is InChI=1S/C23H42OSi/c1-15-12-16(2)22-19(13-15)14-17(3)23(22)24-25(4,5)21-11-10-18-8-6-7-9-20(18)21/h15-23H,6-14H2,1-5H3. The molecule has 4 rings (SSSR count). The van der Waals surface area contributed by atoms with Gasteiger partial charge >= 0.3 is 0 Å². The van der Waals surface area contributed by atoms with Crippen LogP contribution in [0.4, 0.5) is 0 Å². The predicted octanol–water partition coefficient (Wildman–Crippen LogP) is 6.89. The van der Waals surface area contributed by atoms with Crippen LogP contribution in [0.25, 0.3) is 0 Å². The van der Waals surface area contributed by atoms with Crippen molar-refractivity contribution in [2.75, 3.05) is 0 Å². The molecule has 25 heavy (non-hydrogen) atoms. The molecule has 0 aromatic heterocycles. The Balaban J connectivity index is 1.48. The zero-order valence-electron chi connectivity index (χ0n) is 17.5. The molecule has 0 aromatic rings. The summed E-state index contributed by atoms with van der Waals surface area (Å²) in [5.74, 6) is 6.49. The molecule has 0 heterocycles. The molecule has 2 heteroatoms. The van der Waals surface area contributed by atoms with E-state index in [4.69, 9.17) is 4.43 Å². The van der Waals surface area contributed by atoms with Crippen molar-refractivity contribution < 1.29 is 4.43 Å². The Morgan fingerprint density at radius 3 is 2.32 bits per heavy atom. The van der Waals surface area contributed by atoms with Crippen LogP contribution >= 0.6 is 0 Å². The van der Waals surface area contributed by atoms with E-state index in [9.17, 15) is 0 Å². The Kier molecular flexibility index (Phi) is 5.17. The van der Waals surface area contributed by atoms with Crippen LogP contribution in [0.15, 0.2) is 0 Å². The first-order chi connectivity index (χ1) is 11.9. The molecule has 0 aromatic carbocycles. The van der Waals surface area contributed by atoms with E-state index in [0.717, 1.165) is 47.0 Å². The van der Waals surface area contributed by atoms with E-state index in [1.807, 2.05) is 0 Å². The summed E-state index contributed by atoms with van der Waals surface area (Å²) in [7, 11) is -1.61. The Hall–Kier alpha value is 0.177. The molecule has 0 radical (unpaired) electrons. The fourth-order valence-electron chi connectivity index (χ4n) is 8.09. The number of fused-ring (bicyclic) bond motifs is 2. The van der Waals surface area contributed by atoms with E-state index in [2.05, 4.69) is 33.9 Å². The molecule has 9 unspecified atom stereocenters. The van der Waals surface area contributed by atoms with Crippen LogP contribution < -0.4 is 0 Å². The minimum atomic E-state index is -1.61. The molecule has 1 nitrogen and oxygen atoms in total. The largest absolute Gasteiger partial charge is 0.414 e. The summed E-state index contributed by atoms with van der Waals surface area (Å²) in [5, 5.41) is 0. The SMILES string of the molecule is CC1CC(C)C2C(C1)CC(C)C2O[Si](C)(C)C1CCC2CCCCC21. The second kappa shape index (κ2) is 6.97. The van der Waals surface area contributed by atoms with Crippen molar-refractivity contribution in [1.82, 2.24) is 0 Å². The fraction of sp³-hybridized carbons (Fsp3) is 1.00. The lowest BCUT2D eigenvalue weighted by molar-refractivity contribution is 0.0398. The lowest BCUT2D eigenvalue weighted by Crippen LogP contribution is -2.47. The Morgan fingerprint density at radius 1 is 0.760 bits per heavy atom. The highest BCUT2D eigenvalue weighted by Crippen LogP contribution is 2.56. The Morgan fingerprint density at radius 2 is 1.52 bits per heavy atom. The first kappa shape index (κ1) is 18.5. The average Bonchev–Trinajstić information content (AvgIpc) is 3.09. The highest BCUT2D eigenvalue weighted by molar-refractivity contribution is 6.72. The van der Waals surface area contributed by atoms with E-state index in [1.165, 1.54) is 57.8 Å². The van der Waals surface area contributed by atoms with Gasteiger partial charge < -0.3 is 4.43 Å². The molecule has 0 saturated heterocycles. The second-order valence-corrected chi connectivity index (χ2v) is 15.4. The third-order valence-corrected chi connectivity index (χ3v) is 12.3. The summed E-state index contributed by atoms with van der Waals surface area (Å²) in [6.07, 6.45) is 13.9. The van der Waals surface area contributed by atoms with Crippen molar-refractivity contribution in [3.8, 4) is 0 Å². The third-order valence-electron chi connectivity index (χ3n) is 8.96. The van der Waals surface area contributed by atoms with Crippen LogP contribution in [-0.2, 0) is 4.43 Å². The van der Waals surface area contributed by atoms with Gasteiger partial charge in [0, 0.05) is 0 Å². The normalized spacial score (nSPS) is 50.5. The smallest absolute Gasteiger partial charge is 0.190 e. The van der Waals surface area contributed by atoms with Gasteiger partial charge in [-0.2, -0.15) is 0 Å². The van der Waals surface area contributed by atoms with Crippen LogP contribution in [0.1, 0.15) is 78.6 Å². The molecular formula is C23H42OSi. The summed E-state index contributed by atoms with van der Waals surface area (Å²) in [6.45, 7) is 12.7. The summed E-state index contributed by atoms with van der Waals surface area (Å²) in [6, 6.07) is 0. The van der Waals surface area contributed by atoms with Gasteiger partial charge in [-0.05, 0) is 79.3 Å². The summed E-state index contributed by atoms with van der Waals surface area (Å²) in [4.78, 5) is 0. The van der Waals surface area contributed by atoms with Crippen molar-refractivity contribution >= 4 is 8.32 Å². The second-order valence-electron chi connectivity index (χ2n) is 11.2. The lowest BCUT2D eigenvalue weighted by Gasteiger charge is -2.44. The molecule has 4 fully saturated rings. The predicted molar refractivity (Wildman–Crippen MR) is 109 cm³/mol. The van der Waals surface area contributed by atoms with Gasteiger partial charge in [-0.25, -0.2) is 0 Å². The molecule has 0 spiro atoms. The minimum Gasteiger partial charge on any atom is -0.414 e. The van der Waals surface area contributed by atoms with E-state index >= 15 is 0 Å². The van der Waals surface area contributed by atoms with Gasteiger partial charge in [-0.3, -0.25) is 0 Å². The summed E-state index contributed by atoms with van der Waals surface area (Å²) >= 11 is 0. The maximum Gasteiger partial charge on any atom is 0.190 e. The van der Waals surface area contributed by atoms with Gasteiger partial charge in [-0.15, -0.1) is 0 Å². The number of rotatable bonds is 3. The van der Waals surface area contributed by atoms with Crippen LogP contribution in [0.5, 0.6) is 0 Å². The fourth-order valence-corrected chi connectivity index (χ4v) is 11.7. The maximum atomic E-state index is 7.26. The summed E-state index contributed by atoms with van der Waals surface area (Å²) in [5.41, 5.74) is 0.946. The first-order valence-corrected chi connectivity index (χ1v) is 14.5. The van der Waals surface area contributed by atoms with Gasteiger partial charge in [-0.1, -0.05) is 59.3 Å².